The van der Waals surface area contributed by atoms with Crippen LogP contribution in [0.5, 0.6) is 0 Å². The zero-order valence-corrected chi connectivity index (χ0v) is 9.47. The molecular weight excluding hydrogens is 216 g/mol. The van der Waals surface area contributed by atoms with Crippen LogP contribution in [0.1, 0.15) is 32.6 Å². The number of carbonyl (C=O) groups excluding carboxylic acids is 1. The van der Waals surface area contributed by atoms with E-state index in [4.69, 9.17) is 4.74 Å². The fraction of sp³-hybridized carbons (Fsp3) is 0.909. The molecule has 0 spiro atoms. The van der Waals surface area contributed by atoms with E-state index in [1.54, 1.807) is 11.8 Å². The van der Waals surface area contributed by atoms with Gasteiger partial charge in [0, 0.05) is 19.4 Å². The fourth-order valence-electron chi connectivity index (χ4n) is 2.58. The normalized spacial score (nSPS) is 27.3. The van der Waals surface area contributed by atoms with Crippen molar-refractivity contribution in [2.45, 2.75) is 38.5 Å². The minimum absolute atomic E-state index is 0.152. The lowest BCUT2D eigenvalue weighted by molar-refractivity contribution is -0.194. The fourth-order valence-corrected chi connectivity index (χ4v) is 2.58. The number of halogens is 2. The summed E-state index contributed by atoms with van der Waals surface area (Å²) in [7, 11) is 0. The van der Waals surface area contributed by atoms with Gasteiger partial charge in [0.2, 0.25) is 11.8 Å². The summed E-state index contributed by atoms with van der Waals surface area (Å²) >= 11 is 0. The molecule has 0 aromatic heterocycles. The number of carbonyl (C=O) groups is 1. The molecule has 1 heterocycles. The maximum atomic E-state index is 12.9. The lowest BCUT2D eigenvalue weighted by Crippen LogP contribution is -2.57. The summed E-state index contributed by atoms with van der Waals surface area (Å²) in [6, 6.07) is 0. The van der Waals surface area contributed by atoms with Gasteiger partial charge in [-0.2, -0.15) is 0 Å². The Balaban J connectivity index is 2.02. The molecule has 0 radical (unpaired) electrons. The van der Waals surface area contributed by atoms with Crippen molar-refractivity contribution in [1.82, 2.24) is 4.90 Å². The summed E-state index contributed by atoms with van der Waals surface area (Å²) in [5, 5.41) is 0. The Labute approximate surface area is 93.7 Å². The highest BCUT2D eigenvalue weighted by Crippen LogP contribution is 2.54. The summed E-state index contributed by atoms with van der Waals surface area (Å²) in [6.45, 7) is 3.34. The van der Waals surface area contributed by atoms with E-state index in [1.165, 1.54) is 0 Å². The number of hydrogen-bond donors (Lipinski definition) is 0. The minimum Gasteiger partial charge on any atom is -0.361 e. The Bertz CT molecular complexity index is 280. The van der Waals surface area contributed by atoms with Crippen LogP contribution in [0.25, 0.3) is 0 Å². The van der Waals surface area contributed by atoms with Crippen LogP contribution in [0.15, 0.2) is 0 Å². The van der Waals surface area contributed by atoms with E-state index in [1.807, 2.05) is 0 Å². The SMILES string of the molecule is CCC1(C(=O)N2CCCOC2)CC(F)(F)C1. The molecule has 3 nitrogen and oxygen atoms in total. The maximum Gasteiger partial charge on any atom is 0.250 e. The second-order valence-corrected chi connectivity index (χ2v) is 4.80. The quantitative estimate of drug-likeness (QED) is 0.730. The first-order chi connectivity index (χ1) is 7.49. The smallest absolute Gasteiger partial charge is 0.250 e. The molecule has 1 amide bonds. The van der Waals surface area contributed by atoms with E-state index < -0.39 is 11.3 Å². The molecule has 1 aliphatic heterocycles. The highest BCUT2D eigenvalue weighted by atomic mass is 19.3. The van der Waals surface area contributed by atoms with Crippen molar-refractivity contribution in [3.05, 3.63) is 0 Å². The van der Waals surface area contributed by atoms with Crippen LogP contribution in [-0.4, -0.2) is 36.6 Å². The van der Waals surface area contributed by atoms with Gasteiger partial charge in [0.05, 0.1) is 12.0 Å². The third-order valence-electron chi connectivity index (χ3n) is 3.58. The van der Waals surface area contributed by atoms with Gasteiger partial charge in [0.1, 0.15) is 6.73 Å². The highest BCUT2D eigenvalue weighted by Gasteiger charge is 2.60. The van der Waals surface area contributed by atoms with E-state index in [2.05, 4.69) is 0 Å². The van der Waals surface area contributed by atoms with Gasteiger partial charge in [-0.25, -0.2) is 8.78 Å². The van der Waals surface area contributed by atoms with E-state index in [-0.39, 0.29) is 25.5 Å². The molecule has 0 unspecified atom stereocenters. The lowest BCUT2D eigenvalue weighted by Gasteiger charge is -2.48. The van der Waals surface area contributed by atoms with Crippen molar-refractivity contribution >= 4 is 5.91 Å². The van der Waals surface area contributed by atoms with Gasteiger partial charge in [0.25, 0.3) is 0 Å². The zero-order chi connectivity index (χ0) is 11.8. The molecule has 16 heavy (non-hydrogen) atoms. The molecule has 2 fully saturated rings. The second kappa shape index (κ2) is 3.95. The van der Waals surface area contributed by atoms with Gasteiger partial charge >= 0.3 is 0 Å². The van der Waals surface area contributed by atoms with Gasteiger partial charge < -0.3 is 9.64 Å². The molecule has 0 atom stereocenters. The largest absolute Gasteiger partial charge is 0.361 e. The zero-order valence-electron chi connectivity index (χ0n) is 9.47. The molecule has 1 saturated carbocycles. The van der Waals surface area contributed by atoms with Gasteiger partial charge in [-0.3, -0.25) is 4.79 Å². The molecular formula is C11H17F2NO2. The van der Waals surface area contributed by atoms with Crippen LogP contribution in [0.4, 0.5) is 8.78 Å². The van der Waals surface area contributed by atoms with Crippen molar-refractivity contribution in [3.8, 4) is 0 Å². The van der Waals surface area contributed by atoms with Crippen molar-refractivity contribution in [2.24, 2.45) is 5.41 Å². The first-order valence-corrected chi connectivity index (χ1v) is 5.74. The molecule has 0 N–H and O–H groups in total. The first kappa shape index (κ1) is 11.8. The molecule has 2 aliphatic rings. The molecule has 5 heteroatoms. The van der Waals surface area contributed by atoms with E-state index in [0.29, 0.717) is 19.6 Å². The summed E-state index contributed by atoms with van der Waals surface area (Å²) in [5.74, 6) is -2.80. The van der Waals surface area contributed by atoms with E-state index in [9.17, 15) is 13.6 Å². The molecule has 0 aromatic rings. The molecule has 0 bridgehead atoms. The van der Waals surface area contributed by atoms with Gasteiger partial charge in [0.15, 0.2) is 0 Å². The maximum absolute atomic E-state index is 12.9. The molecule has 1 saturated heterocycles. The van der Waals surface area contributed by atoms with Crippen LogP contribution >= 0.6 is 0 Å². The number of nitrogens with zero attached hydrogens (tertiary/aromatic N) is 1. The lowest BCUT2D eigenvalue weighted by atomic mass is 9.63. The van der Waals surface area contributed by atoms with Crippen molar-refractivity contribution < 1.29 is 18.3 Å². The van der Waals surface area contributed by atoms with E-state index in [0.717, 1.165) is 6.42 Å². The number of ether oxygens (including phenoxy) is 1. The predicted molar refractivity (Wildman–Crippen MR) is 54.1 cm³/mol. The van der Waals surface area contributed by atoms with E-state index >= 15 is 0 Å². The Morgan fingerprint density at radius 3 is 2.56 bits per heavy atom. The summed E-state index contributed by atoms with van der Waals surface area (Å²) in [5.41, 5.74) is -0.829. The molecule has 0 aromatic carbocycles. The molecule has 1 aliphatic carbocycles. The Hall–Kier alpha value is -0.710. The number of alkyl halides is 2. The Morgan fingerprint density at radius 1 is 1.44 bits per heavy atom. The summed E-state index contributed by atoms with van der Waals surface area (Å²) in [6.07, 6.45) is 0.678. The van der Waals surface area contributed by atoms with Crippen molar-refractivity contribution in [2.75, 3.05) is 19.9 Å². The van der Waals surface area contributed by atoms with Crippen LogP contribution < -0.4 is 0 Å². The highest BCUT2D eigenvalue weighted by molar-refractivity contribution is 5.84. The van der Waals surface area contributed by atoms with Crippen LogP contribution in [-0.2, 0) is 9.53 Å². The third kappa shape index (κ3) is 1.93. The number of hydrogen-bond acceptors (Lipinski definition) is 2. The van der Waals surface area contributed by atoms with Crippen molar-refractivity contribution in [3.63, 3.8) is 0 Å². The Kier molecular flexibility index (Phi) is 2.90. The van der Waals surface area contributed by atoms with Gasteiger partial charge in [-0.15, -0.1) is 0 Å². The van der Waals surface area contributed by atoms with Gasteiger partial charge in [-0.05, 0) is 12.8 Å². The van der Waals surface area contributed by atoms with Gasteiger partial charge in [-0.1, -0.05) is 6.92 Å². The van der Waals surface area contributed by atoms with Crippen molar-refractivity contribution in [1.29, 1.82) is 0 Å². The average Bonchev–Trinajstić information content (AvgIpc) is 2.25. The summed E-state index contributed by atoms with van der Waals surface area (Å²) in [4.78, 5) is 13.7. The predicted octanol–water partition coefficient (Wildman–Crippen LogP) is 2.02. The number of rotatable bonds is 2. The topological polar surface area (TPSA) is 29.5 Å². The van der Waals surface area contributed by atoms with Crippen LogP contribution in [0.3, 0.4) is 0 Å². The Morgan fingerprint density at radius 2 is 2.12 bits per heavy atom. The average molecular weight is 233 g/mol. The van der Waals surface area contributed by atoms with Crippen LogP contribution in [0.2, 0.25) is 0 Å². The standard InChI is InChI=1S/C11H17F2NO2/c1-2-10(6-11(12,13)7-10)9(15)14-4-3-5-16-8-14/h2-8H2,1H3. The second-order valence-electron chi connectivity index (χ2n) is 4.80. The molecule has 92 valence electrons. The molecule has 2 rings (SSSR count). The minimum atomic E-state index is -2.65. The summed E-state index contributed by atoms with van der Waals surface area (Å²) < 4.78 is 31.1. The monoisotopic (exact) mass is 233 g/mol. The number of amides is 1. The first-order valence-electron chi connectivity index (χ1n) is 5.74. The third-order valence-corrected chi connectivity index (χ3v) is 3.58. The van der Waals surface area contributed by atoms with Crippen LogP contribution in [0, 0.1) is 5.41 Å².